The van der Waals surface area contributed by atoms with E-state index in [1.807, 2.05) is 68.0 Å². The highest BCUT2D eigenvalue weighted by Crippen LogP contribution is 2.32. The first-order valence-electron chi connectivity index (χ1n) is 16.7. The van der Waals surface area contributed by atoms with Crippen molar-refractivity contribution < 1.29 is 29.0 Å². The maximum absolute atomic E-state index is 13.9. The molecule has 0 saturated carbocycles. The number of benzene rings is 1. The van der Waals surface area contributed by atoms with Crippen molar-refractivity contribution in [3.05, 3.63) is 35.9 Å². The topological polar surface area (TPSA) is 96.4 Å². The first-order valence-corrected chi connectivity index (χ1v) is 16.7. The van der Waals surface area contributed by atoms with Gasteiger partial charge in [0.25, 0.3) is 0 Å². The molecule has 0 aromatic heterocycles. The Morgan fingerprint density at radius 2 is 1.59 bits per heavy atom. The molecule has 0 radical (unpaired) electrons. The van der Waals surface area contributed by atoms with Gasteiger partial charge in [-0.1, -0.05) is 85.2 Å². The summed E-state index contributed by atoms with van der Waals surface area (Å²) in [5.41, 5.74) is 0.793. The Labute approximate surface area is 266 Å². The number of ether oxygens (including phenoxy) is 2. The normalized spacial score (nSPS) is 20.8. The Hall–Kier alpha value is -2.29. The largest absolute Gasteiger partial charge is 0.388 e. The molecule has 1 fully saturated rings. The minimum absolute atomic E-state index is 0.0148. The third kappa shape index (κ3) is 9.37. The molecule has 1 saturated heterocycles. The third-order valence-corrected chi connectivity index (χ3v) is 10.1. The van der Waals surface area contributed by atoms with Crippen LogP contribution in [0.15, 0.2) is 30.3 Å². The van der Waals surface area contributed by atoms with Crippen LogP contribution >= 0.6 is 0 Å². The van der Waals surface area contributed by atoms with Gasteiger partial charge in [-0.2, -0.15) is 0 Å². The second-order valence-corrected chi connectivity index (χ2v) is 13.4. The number of hydrogen-bond donors (Lipinski definition) is 1. The van der Waals surface area contributed by atoms with Crippen LogP contribution in [0.3, 0.4) is 0 Å². The van der Waals surface area contributed by atoms with Crippen molar-refractivity contribution in [2.75, 3.05) is 27.8 Å². The molecule has 1 aliphatic rings. The number of ketones is 1. The van der Waals surface area contributed by atoms with E-state index < -0.39 is 24.2 Å². The molecule has 1 aromatic rings. The monoisotopic (exact) mass is 616 g/mol. The van der Waals surface area contributed by atoms with Crippen molar-refractivity contribution in [1.29, 1.82) is 0 Å². The fourth-order valence-electron chi connectivity index (χ4n) is 7.13. The van der Waals surface area contributed by atoms with Gasteiger partial charge in [0.2, 0.25) is 11.8 Å². The minimum atomic E-state index is -0.736. The molecule has 9 atom stereocenters. The number of nitrogens with zero attached hydrogens (tertiary/aromatic N) is 2. The van der Waals surface area contributed by atoms with E-state index in [1.165, 1.54) is 0 Å². The van der Waals surface area contributed by atoms with Crippen molar-refractivity contribution in [3.8, 4) is 0 Å². The highest BCUT2D eigenvalue weighted by atomic mass is 16.5. The molecule has 1 N–H and O–H groups in total. The van der Waals surface area contributed by atoms with Crippen LogP contribution in [0.1, 0.15) is 98.7 Å². The quantitative estimate of drug-likeness (QED) is 0.220. The van der Waals surface area contributed by atoms with Crippen molar-refractivity contribution in [1.82, 2.24) is 9.80 Å². The van der Waals surface area contributed by atoms with Gasteiger partial charge in [-0.05, 0) is 42.6 Å². The SMILES string of the molecule is CC[C@H](C(=O)N(C)C([C@@H](C)CC)[C@@H](CC(=O)N1CCC[C@H]1[C@H](OC)[C@@H](C)C(=O)C[C@H](C)[C@@H](O)c1ccccc1)OC)C(C)C. The smallest absolute Gasteiger partial charge is 0.226 e. The third-order valence-electron chi connectivity index (χ3n) is 10.1. The van der Waals surface area contributed by atoms with Crippen LogP contribution < -0.4 is 0 Å². The Kier molecular flexibility index (Phi) is 15.5. The number of aliphatic hydroxyl groups is 1. The summed E-state index contributed by atoms with van der Waals surface area (Å²) in [6.45, 7) is 14.8. The van der Waals surface area contributed by atoms with Gasteiger partial charge in [0.15, 0.2) is 0 Å². The van der Waals surface area contributed by atoms with Gasteiger partial charge in [-0.3, -0.25) is 14.4 Å². The minimum Gasteiger partial charge on any atom is -0.388 e. The van der Waals surface area contributed by atoms with Crippen molar-refractivity contribution in [2.24, 2.45) is 29.6 Å². The van der Waals surface area contributed by atoms with Gasteiger partial charge >= 0.3 is 0 Å². The predicted octanol–water partition coefficient (Wildman–Crippen LogP) is 5.92. The average Bonchev–Trinajstić information content (AvgIpc) is 3.50. The molecule has 2 amide bonds. The van der Waals surface area contributed by atoms with Crippen LogP contribution in [-0.2, 0) is 23.9 Å². The van der Waals surface area contributed by atoms with Crippen molar-refractivity contribution in [3.63, 3.8) is 0 Å². The lowest BCUT2D eigenvalue weighted by Gasteiger charge is -2.40. The fourth-order valence-corrected chi connectivity index (χ4v) is 7.13. The number of rotatable bonds is 18. The van der Waals surface area contributed by atoms with Gasteiger partial charge < -0.3 is 24.4 Å². The lowest BCUT2D eigenvalue weighted by atomic mass is 9.85. The summed E-state index contributed by atoms with van der Waals surface area (Å²) < 4.78 is 11.9. The summed E-state index contributed by atoms with van der Waals surface area (Å²) in [5, 5.41) is 10.8. The van der Waals surface area contributed by atoms with Crippen LogP contribution in [0.2, 0.25) is 0 Å². The zero-order valence-electron chi connectivity index (χ0n) is 29.0. The van der Waals surface area contributed by atoms with E-state index in [-0.39, 0.29) is 66.2 Å². The molecule has 1 heterocycles. The van der Waals surface area contributed by atoms with Crippen molar-refractivity contribution in [2.45, 2.75) is 117 Å². The molecule has 1 unspecified atom stereocenters. The van der Waals surface area contributed by atoms with Crippen molar-refractivity contribution >= 4 is 17.6 Å². The molecule has 8 nitrogen and oxygen atoms in total. The summed E-state index contributed by atoms with van der Waals surface area (Å²) in [6, 6.07) is 8.92. The van der Waals surface area contributed by atoms with E-state index in [9.17, 15) is 19.5 Å². The van der Waals surface area contributed by atoms with Gasteiger partial charge in [0, 0.05) is 46.1 Å². The van der Waals surface area contributed by atoms with E-state index in [1.54, 1.807) is 14.2 Å². The van der Waals surface area contributed by atoms with Gasteiger partial charge in [0.05, 0.1) is 36.8 Å². The second-order valence-electron chi connectivity index (χ2n) is 13.4. The standard InChI is InChI=1S/C36H60N2O6/c1-11-24(5)33(37(8)36(42)28(12-2)23(3)4)31(43-9)22-32(40)38-20-16-19-29(38)35(44-10)26(7)30(39)21-25(6)34(41)27-17-14-13-15-18-27/h13-15,17-18,23-26,28-29,31,33-35,41H,11-12,16,19-22H2,1-10H3/t24-,25-,26-,28-,29-,31+,33?,34+,35+/m0/s1. The second kappa shape index (κ2) is 18.0. The predicted molar refractivity (Wildman–Crippen MR) is 175 cm³/mol. The van der Waals surface area contributed by atoms with Crippen LogP contribution in [-0.4, -0.2) is 84.6 Å². The lowest BCUT2D eigenvalue weighted by Crippen LogP contribution is -2.54. The maximum atomic E-state index is 13.9. The number of carbonyl (C=O) groups excluding carboxylic acids is 3. The Morgan fingerprint density at radius 3 is 2.11 bits per heavy atom. The molecule has 250 valence electrons. The number of aliphatic hydroxyl groups excluding tert-OH is 1. The molecule has 8 heteroatoms. The van der Waals surface area contributed by atoms with Crippen LogP contribution in [0.25, 0.3) is 0 Å². The lowest BCUT2D eigenvalue weighted by molar-refractivity contribution is -0.148. The number of likely N-dealkylation sites (N-methyl/N-ethyl adjacent to an activating group) is 1. The number of Topliss-reactive ketones (excluding diaryl/α,β-unsaturated/α-hetero) is 1. The van der Waals surface area contributed by atoms with Gasteiger partial charge in [0.1, 0.15) is 5.78 Å². The number of carbonyl (C=O) groups is 3. The maximum Gasteiger partial charge on any atom is 0.226 e. The highest BCUT2D eigenvalue weighted by molar-refractivity contribution is 5.82. The Bertz CT molecular complexity index is 1030. The van der Waals surface area contributed by atoms with Gasteiger partial charge in [-0.15, -0.1) is 0 Å². The first kappa shape index (κ1) is 37.9. The number of hydrogen-bond acceptors (Lipinski definition) is 6. The molecule has 0 aliphatic carbocycles. The molecule has 44 heavy (non-hydrogen) atoms. The highest BCUT2D eigenvalue weighted by Gasteiger charge is 2.42. The summed E-state index contributed by atoms with van der Waals surface area (Å²) in [5.74, 6) is -0.353. The van der Waals surface area contributed by atoms with Crippen LogP contribution in [0.5, 0.6) is 0 Å². The van der Waals surface area contributed by atoms with E-state index in [4.69, 9.17) is 9.47 Å². The molecule has 2 rings (SSSR count). The zero-order chi connectivity index (χ0) is 33.1. The molecule has 1 aliphatic heterocycles. The molecular weight excluding hydrogens is 556 g/mol. The zero-order valence-corrected chi connectivity index (χ0v) is 29.0. The molecular formula is C36H60N2O6. The molecule has 1 aromatic carbocycles. The van der Waals surface area contributed by atoms with Crippen LogP contribution in [0.4, 0.5) is 0 Å². The van der Waals surface area contributed by atoms with Crippen LogP contribution in [0, 0.1) is 29.6 Å². The summed E-state index contributed by atoms with van der Waals surface area (Å²) in [6.07, 6.45) is 1.91. The van der Waals surface area contributed by atoms with Gasteiger partial charge in [-0.25, -0.2) is 0 Å². The average molecular weight is 617 g/mol. The number of likely N-dealkylation sites (tertiary alicyclic amines) is 1. The summed E-state index contributed by atoms with van der Waals surface area (Å²) >= 11 is 0. The molecule has 0 bridgehead atoms. The summed E-state index contributed by atoms with van der Waals surface area (Å²) in [4.78, 5) is 44.7. The van der Waals surface area contributed by atoms with E-state index in [2.05, 4.69) is 27.7 Å². The number of amides is 2. The number of methoxy groups -OCH3 is 2. The van der Waals surface area contributed by atoms with E-state index >= 15 is 0 Å². The van der Waals surface area contributed by atoms with E-state index in [0.717, 1.165) is 31.2 Å². The summed E-state index contributed by atoms with van der Waals surface area (Å²) in [7, 11) is 5.08. The Morgan fingerprint density at radius 1 is 0.955 bits per heavy atom. The Balaban J connectivity index is 2.19. The van der Waals surface area contributed by atoms with E-state index in [0.29, 0.717) is 6.54 Å². The fraction of sp³-hybridized carbons (Fsp3) is 0.750. The molecule has 0 spiro atoms. The first-order chi connectivity index (χ1) is 20.8.